The number of nitrogens with one attached hydrogen (secondary N) is 1. The third kappa shape index (κ3) is 14.5. The second-order valence-electron chi connectivity index (χ2n) is 9.17. The summed E-state index contributed by atoms with van der Waals surface area (Å²) < 4.78 is 16.0. The molecular weight excluding hydrogens is 550 g/mol. The summed E-state index contributed by atoms with van der Waals surface area (Å²) in [6.45, 7) is 22.9. The number of hydrogen-bond acceptors (Lipinski definition) is 9. The molecule has 42 heavy (non-hydrogen) atoms. The number of likely N-dealkylation sites (N-methyl/N-ethyl adjacent to an activating group) is 1. The van der Waals surface area contributed by atoms with Gasteiger partial charge in [0.25, 0.3) is 0 Å². The summed E-state index contributed by atoms with van der Waals surface area (Å²) in [6, 6.07) is 3.71. The van der Waals surface area contributed by atoms with E-state index in [1.807, 2.05) is 31.4 Å². The van der Waals surface area contributed by atoms with Gasteiger partial charge in [-0.15, -0.1) is 11.3 Å². The Labute approximate surface area is 254 Å². The second kappa shape index (κ2) is 19.9. The molecule has 2 aromatic rings. The second-order valence-corrected chi connectivity index (χ2v) is 10.3. The van der Waals surface area contributed by atoms with Crippen LogP contribution in [-0.4, -0.2) is 50.3 Å². The van der Waals surface area contributed by atoms with Gasteiger partial charge in [-0.05, 0) is 68.6 Å². The fraction of sp³-hybridized carbons (Fsp3) is 0.333. The SMILES string of the molecule is C=C(/C=C\C(=C)C(=C)N=CC(=C)Oc1cc(CC(C)=O)c(CCNCC)cc1OC)CCC(=O)OC.Cc1nccs1. The minimum atomic E-state index is -0.288. The number of aromatic nitrogens is 1. The standard InChI is InChI=1S/C29H38N2O5.C4H5NS/c1-9-30-15-14-25-17-27(34-7)28(18-26(25)16-22(4)32)36-23(5)19-31-24(6)21(3)12-10-20(2)11-13-29(33)35-8;1-4-5-2-3-6-4/h10,12,17-19,30H,2-3,5-6,9,11,13-16H2,1,4,7-8H3;2-3H,1H3/b12-10-,31-19?;. The first-order valence-electron chi connectivity index (χ1n) is 13.5. The highest BCUT2D eigenvalue weighted by molar-refractivity contribution is 7.09. The first kappa shape index (κ1) is 35.9. The van der Waals surface area contributed by atoms with Gasteiger partial charge in [-0.1, -0.05) is 51.0 Å². The van der Waals surface area contributed by atoms with E-state index in [4.69, 9.17) is 9.47 Å². The number of ketones is 1. The number of hydrogen-bond donors (Lipinski definition) is 1. The monoisotopic (exact) mass is 593 g/mol. The fourth-order valence-corrected chi connectivity index (χ4v) is 3.85. The topological polar surface area (TPSA) is 99.1 Å². The number of benzene rings is 1. The van der Waals surface area contributed by atoms with Gasteiger partial charge in [-0.2, -0.15) is 0 Å². The molecule has 0 aliphatic rings. The molecule has 0 atom stereocenters. The Morgan fingerprint density at radius 1 is 1.07 bits per heavy atom. The molecule has 0 aliphatic carbocycles. The molecule has 1 heterocycles. The lowest BCUT2D eigenvalue weighted by Crippen LogP contribution is -2.17. The van der Waals surface area contributed by atoms with E-state index in [0.29, 0.717) is 35.6 Å². The van der Waals surface area contributed by atoms with E-state index in [-0.39, 0.29) is 23.9 Å². The number of thiazole rings is 1. The molecular formula is C33H43N3O5S. The van der Waals surface area contributed by atoms with Crippen LogP contribution in [0.3, 0.4) is 0 Å². The van der Waals surface area contributed by atoms with Crippen molar-refractivity contribution in [1.29, 1.82) is 0 Å². The van der Waals surface area contributed by atoms with Crippen molar-refractivity contribution >= 4 is 29.3 Å². The van der Waals surface area contributed by atoms with Crippen molar-refractivity contribution in [2.75, 3.05) is 27.3 Å². The van der Waals surface area contributed by atoms with E-state index < -0.39 is 0 Å². The average Bonchev–Trinajstić information content (AvgIpc) is 3.45. The van der Waals surface area contributed by atoms with E-state index in [1.165, 1.54) is 13.3 Å². The maximum Gasteiger partial charge on any atom is 0.305 e. The van der Waals surface area contributed by atoms with Crippen molar-refractivity contribution in [3.8, 4) is 11.5 Å². The van der Waals surface area contributed by atoms with Crippen LogP contribution < -0.4 is 14.8 Å². The molecule has 0 bridgehead atoms. The Morgan fingerprint density at radius 3 is 2.33 bits per heavy atom. The van der Waals surface area contributed by atoms with Crippen molar-refractivity contribution in [2.24, 2.45) is 4.99 Å². The third-order valence-electron chi connectivity index (χ3n) is 5.68. The minimum absolute atomic E-state index is 0.0621. The molecule has 0 saturated heterocycles. The Kier molecular flexibility index (Phi) is 17.0. The Balaban J connectivity index is 0.00000129. The normalized spacial score (nSPS) is 10.6. The number of allylic oxidation sites excluding steroid dienone is 4. The summed E-state index contributed by atoms with van der Waals surface area (Å²) in [6.07, 6.45) is 8.55. The summed E-state index contributed by atoms with van der Waals surface area (Å²) in [5.41, 5.74) is 3.66. The summed E-state index contributed by atoms with van der Waals surface area (Å²) >= 11 is 1.67. The minimum Gasteiger partial charge on any atom is -0.493 e. The van der Waals surface area contributed by atoms with Gasteiger partial charge in [0.2, 0.25) is 0 Å². The Morgan fingerprint density at radius 2 is 1.79 bits per heavy atom. The van der Waals surface area contributed by atoms with Crippen molar-refractivity contribution in [1.82, 2.24) is 10.3 Å². The van der Waals surface area contributed by atoms with Crippen LogP contribution in [0.5, 0.6) is 11.5 Å². The number of esters is 1. The highest BCUT2D eigenvalue weighted by Crippen LogP contribution is 2.32. The van der Waals surface area contributed by atoms with Crippen molar-refractivity contribution in [3.63, 3.8) is 0 Å². The average molecular weight is 594 g/mol. The molecule has 0 aliphatic heterocycles. The summed E-state index contributed by atoms with van der Waals surface area (Å²) in [5.74, 6) is 1.03. The molecule has 9 heteroatoms. The molecule has 1 N–H and O–H groups in total. The van der Waals surface area contributed by atoms with Crippen LogP contribution in [-0.2, 0) is 27.2 Å². The third-order valence-corrected chi connectivity index (χ3v) is 6.38. The Bertz CT molecular complexity index is 1290. The number of methoxy groups -OCH3 is 2. The quantitative estimate of drug-likeness (QED) is 0.0732. The van der Waals surface area contributed by atoms with E-state index in [1.54, 1.807) is 43.7 Å². The lowest BCUT2D eigenvalue weighted by molar-refractivity contribution is -0.140. The van der Waals surface area contributed by atoms with Crippen LogP contribution in [0, 0.1) is 6.92 Å². The molecule has 0 spiro atoms. The molecule has 1 aromatic heterocycles. The van der Waals surface area contributed by atoms with Crippen LogP contribution in [0.4, 0.5) is 0 Å². The van der Waals surface area contributed by atoms with Gasteiger partial charge in [0.05, 0.1) is 31.1 Å². The summed E-state index contributed by atoms with van der Waals surface area (Å²) in [7, 11) is 2.92. The smallest absolute Gasteiger partial charge is 0.305 e. The molecule has 8 nitrogen and oxygen atoms in total. The predicted molar refractivity (Wildman–Crippen MR) is 173 cm³/mol. The molecule has 1 aromatic carbocycles. The summed E-state index contributed by atoms with van der Waals surface area (Å²) in [5, 5.41) is 6.40. The lowest BCUT2D eigenvalue weighted by Gasteiger charge is -2.16. The van der Waals surface area contributed by atoms with E-state index in [0.717, 1.165) is 41.2 Å². The number of carbonyl (C=O) groups excluding carboxylic acids is 2. The van der Waals surface area contributed by atoms with Crippen molar-refractivity contribution in [2.45, 2.75) is 46.5 Å². The molecule has 2 rings (SSSR count). The van der Waals surface area contributed by atoms with Crippen LogP contribution in [0.2, 0.25) is 0 Å². The van der Waals surface area contributed by atoms with Gasteiger partial charge < -0.3 is 19.5 Å². The van der Waals surface area contributed by atoms with Crippen LogP contribution in [0.15, 0.2) is 89.8 Å². The van der Waals surface area contributed by atoms with Crippen LogP contribution >= 0.6 is 11.3 Å². The molecule has 0 unspecified atom stereocenters. The lowest BCUT2D eigenvalue weighted by atomic mass is 9.99. The van der Waals surface area contributed by atoms with Gasteiger partial charge >= 0.3 is 5.97 Å². The molecule has 0 amide bonds. The maximum atomic E-state index is 11.8. The zero-order chi connectivity index (χ0) is 31.5. The van der Waals surface area contributed by atoms with E-state index in [9.17, 15) is 9.59 Å². The highest BCUT2D eigenvalue weighted by atomic mass is 32.1. The van der Waals surface area contributed by atoms with Gasteiger partial charge in [0, 0.05) is 24.4 Å². The number of ether oxygens (including phenoxy) is 3. The molecule has 0 saturated carbocycles. The Hall–Kier alpha value is -4.08. The number of nitrogens with zero attached hydrogens (tertiary/aromatic N) is 2. The number of aliphatic imine (C=N–C) groups is 1. The molecule has 226 valence electrons. The number of carbonyl (C=O) groups is 2. The first-order valence-corrected chi connectivity index (χ1v) is 14.4. The predicted octanol–water partition coefficient (Wildman–Crippen LogP) is 6.53. The van der Waals surface area contributed by atoms with Gasteiger partial charge in [-0.3, -0.25) is 19.6 Å². The highest BCUT2D eigenvalue weighted by Gasteiger charge is 2.14. The molecule has 0 fully saturated rings. The number of Topliss-reactive ketones (excluding diaryl/α,β-unsaturated/α-hetero) is 1. The zero-order valence-electron chi connectivity index (χ0n) is 25.5. The number of aryl methyl sites for hydroxylation is 1. The van der Waals surface area contributed by atoms with E-state index in [2.05, 4.69) is 46.3 Å². The zero-order valence-corrected chi connectivity index (χ0v) is 26.3. The fourth-order valence-electron chi connectivity index (χ4n) is 3.41. The van der Waals surface area contributed by atoms with Gasteiger partial charge in [0.15, 0.2) is 11.5 Å². The van der Waals surface area contributed by atoms with Crippen molar-refractivity contribution < 1.29 is 23.8 Å². The van der Waals surface area contributed by atoms with Crippen LogP contribution in [0.1, 0.15) is 42.8 Å². The van der Waals surface area contributed by atoms with Crippen LogP contribution in [0.25, 0.3) is 0 Å². The van der Waals surface area contributed by atoms with Crippen molar-refractivity contribution in [3.05, 3.63) is 101 Å². The van der Waals surface area contributed by atoms with Gasteiger partial charge in [-0.25, -0.2) is 0 Å². The first-order chi connectivity index (χ1) is 20.0. The molecule has 0 radical (unpaired) electrons. The largest absolute Gasteiger partial charge is 0.493 e. The van der Waals surface area contributed by atoms with E-state index >= 15 is 0 Å². The summed E-state index contributed by atoms with van der Waals surface area (Å²) in [4.78, 5) is 31.3. The van der Waals surface area contributed by atoms with Gasteiger partial charge in [0.1, 0.15) is 11.5 Å². The number of rotatable bonds is 17. The maximum absolute atomic E-state index is 11.8.